The number of halogens is 4. The summed E-state index contributed by atoms with van der Waals surface area (Å²) in [5.41, 5.74) is -2.32. The number of hydrogen-bond donors (Lipinski definition) is 1. The van der Waals surface area contributed by atoms with Gasteiger partial charge in [0.1, 0.15) is 12.2 Å². The lowest BCUT2D eigenvalue weighted by atomic mass is 10.2. The predicted molar refractivity (Wildman–Crippen MR) is 54.5 cm³/mol. The van der Waals surface area contributed by atoms with Gasteiger partial charge in [-0.05, 0) is 13.0 Å². The third kappa shape index (κ3) is 3.97. The summed E-state index contributed by atoms with van der Waals surface area (Å²) < 4.78 is 56.8. The van der Waals surface area contributed by atoms with Crippen LogP contribution in [0.15, 0.2) is 10.9 Å². The first-order valence-corrected chi connectivity index (χ1v) is 5.03. The summed E-state index contributed by atoms with van der Waals surface area (Å²) in [4.78, 5) is 24.3. The van der Waals surface area contributed by atoms with Crippen LogP contribution in [0.2, 0.25) is 0 Å². The zero-order chi connectivity index (χ0) is 14.6. The third-order valence-corrected chi connectivity index (χ3v) is 1.94. The minimum Gasteiger partial charge on any atom is -0.462 e. The van der Waals surface area contributed by atoms with Crippen LogP contribution in [0.1, 0.15) is 22.8 Å². The number of alkyl halides is 4. The van der Waals surface area contributed by atoms with Gasteiger partial charge in [0.25, 0.3) is 5.56 Å². The van der Waals surface area contributed by atoms with Crippen LogP contribution in [0.25, 0.3) is 0 Å². The average molecular weight is 283 g/mol. The molecule has 0 unspecified atom stereocenters. The normalized spacial score (nSPS) is 11.2. The highest BCUT2D eigenvalue weighted by Crippen LogP contribution is 2.24. The number of ether oxygens (including phenoxy) is 2. The van der Waals surface area contributed by atoms with Crippen molar-refractivity contribution in [1.29, 1.82) is 0 Å². The van der Waals surface area contributed by atoms with Crippen LogP contribution in [-0.2, 0) is 11.4 Å². The molecule has 0 aliphatic heterocycles. The van der Waals surface area contributed by atoms with E-state index in [1.807, 2.05) is 0 Å². The average Bonchev–Trinajstić information content (AvgIpc) is 2.27. The fourth-order valence-corrected chi connectivity index (χ4v) is 1.21. The van der Waals surface area contributed by atoms with E-state index in [1.165, 1.54) is 6.92 Å². The van der Waals surface area contributed by atoms with Crippen molar-refractivity contribution in [1.82, 2.24) is 4.98 Å². The van der Waals surface area contributed by atoms with Gasteiger partial charge in [-0.15, -0.1) is 13.2 Å². The van der Waals surface area contributed by atoms with Crippen molar-refractivity contribution in [2.45, 2.75) is 20.0 Å². The van der Waals surface area contributed by atoms with Gasteiger partial charge in [-0.2, -0.15) is 0 Å². The Labute approximate surface area is 104 Å². The minimum absolute atomic E-state index is 0.103. The number of rotatable bonds is 4. The largest absolute Gasteiger partial charge is 0.574 e. The van der Waals surface area contributed by atoms with Crippen LogP contribution in [-0.4, -0.2) is 23.9 Å². The second-order valence-corrected chi connectivity index (χ2v) is 3.27. The van der Waals surface area contributed by atoms with Crippen molar-refractivity contribution in [3.05, 3.63) is 27.5 Å². The lowest BCUT2D eigenvalue weighted by molar-refractivity contribution is -0.276. The molecule has 1 N–H and O–H groups in total. The van der Waals surface area contributed by atoms with E-state index < -0.39 is 41.6 Å². The second-order valence-electron chi connectivity index (χ2n) is 3.27. The molecule has 106 valence electrons. The van der Waals surface area contributed by atoms with Gasteiger partial charge in [-0.3, -0.25) is 9.78 Å². The van der Waals surface area contributed by atoms with E-state index >= 15 is 0 Å². The first-order chi connectivity index (χ1) is 8.78. The molecule has 5 nitrogen and oxygen atoms in total. The van der Waals surface area contributed by atoms with E-state index in [1.54, 1.807) is 4.98 Å². The smallest absolute Gasteiger partial charge is 0.462 e. The molecule has 1 heterocycles. The van der Waals surface area contributed by atoms with Crippen LogP contribution in [0.3, 0.4) is 0 Å². The standard InChI is InChI=1S/C10H9F4NO4/c1-2-18-9(17)6-3-5(4-11)7(16)15-8(6)19-10(12,13)14/h3H,2,4H2,1H3,(H,15,16). The number of carbonyl (C=O) groups excluding carboxylic acids is 1. The predicted octanol–water partition coefficient (Wildman–Crippen LogP) is 1.92. The molecule has 19 heavy (non-hydrogen) atoms. The van der Waals surface area contributed by atoms with E-state index in [0.29, 0.717) is 6.07 Å². The van der Waals surface area contributed by atoms with Gasteiger partial charge in [-0.25, -0.2) is 9.18 Å². The van der Waals surface area contributed by atoms with Crippen LogP contribution >= 0.6 is 0 Å². The number of esters is 1. The highest BCUT2D eigenvalue weighted by atomic mass is 19.4. The van der Waals surface area contributed by atoms with Gasteiger partial charge in [0.05, 0.1) is 6.61 Å². The Morgan fingerprint density at radius 2 is 2.05 bits per heavy atom. The topological polar surface area (TPSA) is 68.4 Å². The van der Waals surface area contributed by atoms with Crippen molar-refractivity contribution in [2.24, 2.45) is 0 Å². The molecule has 1 rings (SSSR count). The molecular formula is C10H9F4NO4. The number of carbonyl (C=O) groups is 1. The zero-order valence-corrected chi connectivity index (χ0v) is 9.64. The van der Waals surface area contributed by atoms with Crippen molar-refractivity contribution < 1.29 is 31.8 Å². The SMILES string of the molecule is CCOC(=O)c1cc(CF)c(=O)[nH]c1OC(F)(F)F. The quantitative estimate of drug-likeness (QED) is 0.677. The molecule has 0 saturated carbocycles. The molecule has 1 aromatic heterocycles. The first kappa shape index (κ1) is 15.0. The molecule has 0 aromatic carbocycles. The third-order valence-electron chi connectivity index (χ3n) is 1.94. The Kier molecular flexibility index (Phi) is 4.52. The Hall–Kier alpha value is -2.06. The van der Waals surface area contributed by atoms with Gasteiger partial charge in [0, 0.05) is 5.56 Å². The molecule has 0 bridgehead atoms. The molecule has 0 atom stereocenters. The van der Waals surface area contributed by atoms with E-state index in [0.717, 1.165) is 0 Å². The van der Waals surface area contributed by atoms with Crippen molar-refractivity contribution in [3.63, 3.8) is 0 Å². The number of pyridine rings is 1. The molecule has 0 amide bonds. The first-order valence-electron chi connectivity index (χ1n) is 5.03. The molecule has 0 aliphatic carbocycles. The van der Waals surface area contributed by atoms with Gasteiger partial charge in [-0.1, -0.05) is 0 Å². The molecule has 0 radical (unpaired) electrons. The van der Waals surface area contributed by atoms with Gasteiger partial charge >= 0.3 is 12.3 Å². The van der Waals surface area contributed by atoms with Crippen LogP contribution < -0.4 is 10.3 Å². The van der Waals surface area contributed by atoms with Gasteiger partial charge < -0.3 is 9.47 Å². The summed E-state index contributed by atoms with van der Waals surface area (Å²) in [6.07, 6.45) is -5.11. The Bertz CT molecular complexity index is 523. The van der Waals surface area contributed by atoms with Crippen molar-refractivity contribution in [3.8, 4) is 5.88 Å². The Morgan fingerprint density at radius 1 is 1.42 bits per heavy atom. The lowest BCUT2D eigenvalue weighted by Crippen LogP contribution is -2.24. The molecule has 0 saturated heterocycles. The Morgan fingerprint density at radius 3 is 2.53 bits per heavy atom. The fourth-order valence-electron chi connectivity index (χ4n) is 1.21. The van der Waals surface area contributed by atoms with Crippen LogP contribution in [0.4, 0.5) is 17.6 Å². The second kappa shape index (κ2) is 5.72. The summed E-state index contributed by atoms with van der Waals surface area (Å²) in [6, 6.07) is 0.665. The van der Waals surface area contributed by atoms with Crippen LogP contribution in [0.5, 0.6) is 5.88 Å². The van der Waals surface area contributed by atoms with E-state index in [-0.39, 0.29) is 6.61 Å². The fraction of sp³-hybridized carbons (Fsp3) is 0.400. The molecule has 0 aliphatic rings. The minimum atomic E-state index is -5.11. The molecular weight excluding hydrogens is 274 g/mol. The number of aromatic nitrogens is 1. The van der Waals surface area contributed by atoms with E-state index in [9.17, 15) is 27.2 Å². The van der Waals surface area contributed by atoms with E-state index in [2.05, 4.69) is 9.47 Å². The maximum Gasteiger partial charge on any atom is 0.574 e. The zero-order valence-electron chi connectivity index (χ0n) is 9.64. The Balaban J connectivity index is 3.30. The molecule has 0 fully saturated rings. The summed E-state index contributed by atoms with van der Waals surface area (Å²) in [5.74, 6) is -2.29. The molecule has 0 spiro atoms. The number of aromatic amines is 1. The maximum absolute atomic E-state index is 12.4. The highest BCUT2D eigenvalue weighted by Gasteiger charge is 2.34. The highest BCUT2D eigenvalue weighted by molar-refractivity contribution is 5.92. The summed E-state index contributed by atoms with van der Waals surface area (Å²) in [6.45, 7) is 0.0896. The summed E-state index contributed by atoms with van der Waals surface area (Å²) in [5, 5.41) is 0. The number of hydrogen-bond acceptors (Lipinski definition) is 4. The molecule has 9 heteroatoms. The van der Waals surface area contributed by atoms with Crippen molar-refractivity contribution in [2.75, 3.05) is 6.61 Å². The van der Waals surface area contributed by atoms with Crippen LogP contribution in [0, 0.1) is 0 Å². The molecule has 1 aromatic rings. The van der Waals surface area contributed by atoms with Gasteiger partial charge in [0.2, 0.25) is 5.88 Å². The maximum atomic E-state index is 12.4. The summed E-state index contributed by atoms with van der Waals surface area (Å²) >= 11 is 0. The number of H-pyrrole nitrogens is 1. The lowest BCUT2D eigenvalue weighted by Gasteiger charge is -2.12. The van der Waals surface area contributed by atoms with E-state index in [4.69, 9.17) is 0 Å². The monoisotopic (exact) mass is 283 g/mol. The van der Waals surface area contributed by atoms with Gasteiger partial charge in [0.15, 0.2) is 0 Å². The number of nitrogens with one attached hydrogen (secondary N) is 1. The van der Waals surface area contributed by atoms with Crippen molar-refractivity contribution >= 4 is 5.97 Å². The summed E-state index contributed by atoms with van der Waals surface area (Å²) in [7, 11) is 0.